The summed E-state index contributed by atoms with van der Waals surface area (Å²) in [6.07, 6.45) is -0.660. The summed E-state index contributed by atoms with van der Waals surface area (Å²) in [7, 11) is 0. The van der Waals surface area contributed by atoms with Crippen LogP contribution in [0.3, 0.4) is 0 Å². The maximum atomic E-state index is 13.5. The second kappa shape index (κ2) is 4.48. The quantitative estimate of drug-likeness (QED) is 0.805. The first-order valence-corrected chi connectivity index (χ1v) is 6.35. The van der Waals surface area contributed by atoms with Crippen LogP contribution in [0.2, 0.25) is 0 Å². The smallest absolute Gasteiger partial charge is 0.435 e. The largest absolute Gasteiger partial charge is 0.442 e. The van der Waals surface area contributed by atoms with Crippen molar-refractivity contribution in [3.05, 3.63) is 22.4 Å². The molecule has 0 aliphatic carbocycles. The molecule has 1 heterocycles. The van der Waals surface area contributed by atoms with Crippen molar-refractivity contribution < 1.29 is 13.9 Å². The molecular weight excluding hydrogens is 317 g/mol. The van der Waals surface area contributed by atoms with E-state index in [1.54, 1.807) is 20.8 Å². The third-order valence-electron chi connectivity index (χ3n) is 2.32. The van der Waals surface area contributed by atoms with Crippen LogP contribution in [-0.4, -0.2) is 21.5 Å². The Balaban J connectivity index is 2.56. The molecule has 0 fully saturated rings. The number of carbonyl (C=O) groups excluding carboxylic acids is 1. The van der Waals surface area contributed by atoms with E-state index in [4.69, 9.17) is 10.5 Å². The molecule has 2 N–H and O–H groups in total. The molecule has 0 spiro atoms. The molecule has 0 bridgehead atoms. The van der Waals surface area contributed by atoms with Gasteiger partial charge in [0.2, 0.25) is 0 Å². The number of aromatic nitrogens is 2. The molecule has 0 atom stereocenters. The van der Waals surface area contributed by atoms with E-state index in [0.717, 1.165) is 4.68 Å². The molecule has 1 aromatic carbocycles. The molecule has 102 valence electrons. The van der Waals surface area contributed by atoms with E-state index in [2.05, 4.69) is 21.0 Å². The zero-order valence-corrected chi connectivity index (χ0v) is 12.3. The van der Waals surface area contributed by atoms with Crippen molar-refractivity contribution in [1.82, 2.24) is 9.78 Å². The van der Waals surface area contributed by atoms with Crippen molar-refractivity contribution in [3.63, 3.8) is 0 Å². The topological polar surface area (TPSA) is 70.1 Å². The Bertz CT molecular complexity index is 661. The van der Waals surface area contributed by atoms with Gasteiger partial charge in [0.25, 0.3) is 0 Å². The Morgan fingerprint density at radius 2 is 2.11 bits per heavy atom. The molecule has 7 heteroatoms. The summed E-state index contributed by atoms with van der Waals surface area (Å²) in [5.41, 5.74) is 5.41. The van der Waals surface area contributed by atoms with Gasteiger partial charge in [0, 0.05) is 5.39 Å². The number of hydrogen-bond donors (Lipinski definition) is 1. The monoisotopic (exact) mass is 329 g/mol. The Morgan fingerprint density at radius 1 is 1.47 bits per heavy atom. The highest BCUT2D eigenvalue weighted by atomic mass is 79.9. The van der Waals surface area contributed by atoms with Crippen molar-refractivity contribution in [2.45, 2.75) is 26.4 Å². The number of fused-ring (bicyclic) bond motifs is 1. The van der Waals surface area contributed by atoms with Crippen LogP contribution in [0.5, 0.6) is 0 Å². The van der Waals surface area contributed by atoms with E-state index in [0.29, 0.717) is 10.9 Å². The Hall–Kier alpha value is -1.63. The fourth-order valence-corrected chi connectivity index (χ4v) is 1.91. The van der Waals surface area contributed by atoms with Gasteiger partial charge in [-0.05, 0) is 48.8 Å². The number of halogens is 2. The first-order valence-electron chi connectivity index (χ1n) is 5.55. The maximum absolute atomic E-state index is 13.5. The van der Waals surface area contributed by atoms with Crippen LogP contribution in [0.4, 0.5) is 15.0 Å². The number of benzene rings is 1. The lowest BCUT2D eigenvalue weighted by molar-refractivity contribution is 0.0523. The Labute approximate surface area is 117 Å². The Morgan fingerprint density at radius 3 is 2.68 bits per heavy atom. The average molecular weight is 330 g/mol. The van der Waals surface area contributed by atoms with Gasteiger partial charge < -0.3 is 10.5 Å². The predicted molar refractivity (Wildman–Crippen MR) is 73.4 cm³/mol. The normalized spacial score (nSPS) is 11.8. The molecule has 0 aliphatic rings. The molecule has 1 aromatic heterocycles. The molecule has 19 heavy (non-hydrogen) atoms. The second-order valence-corrected chi connectivity index (χ2v) is 5.92. The van der Waals surface area contributed by atoms with Gasteiger partial charge in [0.05, 0.1) is 9.99 Å². The lowest BCUT2D eigenvalue weighted by Gasteiger charge is -2.19. The van der Waals surface area contributed by atoms with E-state index in [9.17, 15) is 9.18 Å². The fourth-order valence-electron chi connectivity index (χ4n) is 1.58. The summed E-state index contributed by atoms with van der Waals surface area (Å²) >= 11 is 3.06. The van der Waals surface area contributed by atoms with Crippen molar-refractivity contribution in [1.29, 1.82) is 0 Å². The molecule has 0 unspecified atom stereocenters. The summed E-state index contributed by atoms with van der Waals surface area (Å²) in [6, 6.07) is 2.67. The van der Waals surface area contributed by atoms with E-state index < -0.39 is 17.5 Å². The number of anilines is 1. The lowest BCUT2D eigenvalue weighted by Crippen LogP contribution is -2.27. The van der Waals surface area contributed by atoms with Gasteiger partial charge in [-0.3, -0.25) is 0 Å². The van der Waals surface area contributed by atoms with E-state index >= 15 is 0 Å². The minimum Gasteiger partial charge on any atom is -0.442 e. The minimum absolute atomic E-state index is 0.0762. The van der Waals surface area contributed by atoms with Crippen molar-refractivity contribution in [2.24, 2.45) is 0 Å². The zero-order valence-electron chi connectivity index (χ0n) is 10.7. The first kappa shape index (κ1) is 13.8. The third kappa shape index (κ3) is 2.70. The minimum atomic E-state index is -0.660. The standard InChI is InChI=1S/C12H13BrFN3O2/c1-12(2,3)19-11(18)17-9-5-7(13)8(14)4-6(9)10(15)16-17/h4-5H,1-3H3,(H2,15,16). The number of rotatable bonds is 0. The van der Waals surface area contributed by atoms with Gasteiger partial charge in [-0.2, -0.15) is 4.68 Å². The molecule has 0 aliphatic heterocycles. The van der Waals surface area contributed by atoms with Crippen molar-refractivity contribution in [3.8, 4) is 0 Å². The van der Waals surface area contributed by atoms with Gasteiger partial charge in [-0.1, -0.05) is 0 Å². The summed E-state index contributed by atoms with van der Waals surface area (Å²) in [6.45, 7) is 5.24. The molecule has 2 aromatic rings. The van der Waals surface area contributed by atoms with Crippen LogP contribution >= 0.6 is 15.9 Å². The van der Waals surface area contributed by atoms with Gasteiger partial charge >= 0.3 is 6.09 Å². The van der Waals surface area contributed by atoms with Gasteiger partial charge in [-0.25, -0.2) is 9.18 Å². The maximum Gasteiger partial charge on any atom is 0.435 e. The van der Waals surface area contributed by atoms with Gasteiger partial charge in [0.1, 0.15) is 11.4 Å². The van der Waals surface area contributed by atoms with Crippen molar-refractivity contribution >= 4 is 38.7 Å². The fraction of sp³-hybridized carbons (Fsp3) is 0.333. The predicted octanol–water partition coefficient (Wildman–Crippen LogP) is 3.30. The summed E-state index contributed by atoms with van der Waals surface area (Å²) in [5.74, 6) is -0.393. The highest BCUT2D eigenvalue weighted by Crippen LogP contribution is 2.27. The molecule has 0 radical (unpaired) electrons. The summed E-state index contributed by atoms with van der Waals surface area (Å²) in [5, 5.41) is 4.26. The SMILES string of the molecule is CC(C)(C)OC(=O)n1nc(N)c2cc(F)c(Br)cc21. The molecule has 2 rings (SSSR count). The van der Waals surface area contributed by atoms with Crippen LogP contribution in [-0.2, 0) is 4.74 Å². The zero-order chi connectivity index (χ0) is 14.4. The highest BCUT2D eigenvalue weighted by Gasteiger charge is 2.22. The second-order valence-electron chi connectivity index (χ2n) is 5.06. The number of ether oxygens (including phenoxy) is 1. The number of nitrogens with two attached hydrogens (primary N) is 1. The third-order valence-corrected chi connectivity index (χ3v) is 2.92. The van der Waals surface area contributed by atoms with Crippen molar-refractivity contribution in [2.75, 3.05) is 5.73 Å². The van der Waals surface area contributed by atoms with Gasteiger partial charge in [-0.15, -0.1) is 5.10 Å². The van der Waals surface area contributed by atoms with Crippen LogP contribution in [0.25, 0.3) is 10.9 Å². The number of carbonyl (C=O) groups is 1. The first-order chi connectivity index (χ1) is 8.69. The molecule has 0 saturated carbocycles. The van der Waals surface area contributed by atoms with Gasteiger partial charge in [0.15, 0.2) is 5.82 Å². The number of hydrogen-bond acceptors (Lipinski definition) is 4. The van der Waals surface area contributed by atoms with Crippen LogP contribution in [0.15, 0.2) is 16.6 Å². The van der Waals surface area contributed by atoms with E-state index in [1.807, 2.05) is 0 Å². The molecule has 0 saturated heterocycles. The Kier molecular flexibility index (Phi) is 3.25. The summed E-state index contributed by atoms with van der Waals surface area (Å²) in [4.78, 5) is 12.0. The highest BCUT2D eigenvalue weighted by molar-refractivity contribution is 9.10. The van der Waals surface area contributed by atoms with Crippen LogP contribution in [0.1, 0.15) is 20.8 Å². The van der Waals surface area contributed by atoms with E-state index in [1.165, 1.54) is 12.1 Å². The molecular formula is C12H13BrFN3O2. The van der Waals surface area contributed by atoms with Crippen LogP contribution in [0, 0.1) is 5.82 Å². The molecule has 0 amide bonds. The number of nitrogens with zero attached hydrogens (tertiary/aromatic N) is 2. The average Bonchev–Trinajstić information content (AvgIpc) is 2.55. The van der Waals surface area contributed by atoms with Crippen LogP contribution < -0.4 is 5.73 Å². The summed E-state index contributed by atoms with van der Waals surface area (Å²) < 4.78 is 19.9. The number of nitrogen functional groups attached to an aromatic ring is 1. The lowest BCUT2D eigenvalue weighted by atomic mass is 10.2. The van der Waals surface area contributed by atoms with E-state index in [-0.39, 0.29) is 10.3 Å². The molecule has 5 nitrogen and oxygen atoms in total.